The first kappa shape index (κ1) is 27.1. The van der Waals surface area contributed by atoms with Crippen LogP contribution in [0.3, 0.4) is 0 Å². The minimum Gasteiger partial charge on any atom is -0.495 e. The SMILES string of the molecule is COc1cc(CC(=O)N(C)[C@@H](C)COc2ccc(C(=O)O)cc2)ccc1NC(=O)Nc1ccccc1C. The molecule has 0 fully saturated rings. The van der Waals surface area contributed by atoms with Gasteiger partial charge in [-0.15, -0.1) is 0 Å². The van der Waals surface area contributed by atoms with E-state index in [1.54, 1.807) is 42.3 Å². The van der Waals surface area contributed by atoms with Gasteiger partial charge in [0.1, 0.15) is 18.1 Å². The van der Waals surface area contributed by atoms with Crippen molar-refractivity contribution >= 4 is 29.3 Å². The zero-order chi connectivity index (χ0) is 26.9. The van der Waals surface area contributed by atoms with E-state index in [4.69, 9.17) is 14.6 Å². The van der Waals surface area contributed by atoms with Crippen molar-refractivity contribution in [2.24, 2.45) is 0 Å². The third-order valence-electron chi connectivity index (χ3n) is 5.91. The highest BCUT2D eigenvalue weighted by Crippen LogP contribution is 2.26. The van der Waals surface area contributed by atoms with Gasteiger partial charge in [0.15, 0.2) is 0 Å². The lowest BCUT2D eigenvalue weighted by Crippen LogP contribution is -2.39. The minimum absolute atomic E-state index is 0.114. The third-order valence-corrected chi connectivity index (χ3v) is 5.91. The lowest BCUT2D eigenvalue weighted by Gasteiger charge is -2.25. The predicted octanol–water partition coefficient (Wildman–Crippen LogP) is 4.81. The number of aromatic carboxylic acids is 1. The van der Waals surface area contributed by atoms with Crippen LogP contribution in [0, 0.1) is 6.92 Å². The number of rotatable bonds is 10. The predicted molar refractivity (Wildman–Crippen MR) is 142 cm³/mol. The molecule has 0 radical (unpaired) electrons. The lowest BCUT2D eigenvalue weighted by atomic mass is 10.1. The summed E-state index contributed by atoms with van der Waals surface area (Å²) in [5, 5.41) is 14.6. The fraction of sp³-hybridized carbons (Fsp3) is 0.250. The first-order valence-corrected chi connectivity index (χ1v) is 11.7. The van der Waals surface area contributed by atoms with Crippen molar-refractivity contribution in [3.8, 4) is 11.5 Å². The number of carbonyl (C=O) groups excluding carboxylic acids is 2. The second-order valence-corrected chi connectivity index (χ2v) is 8.60. The Hall–Kier alpha value is -4.53. The Balaban J connectivity index is 1.56. The Morgan fingerprint density at radius 1 is 0.973 bits per heavy atom. The third kappa shape index (κ3) is 7.47. The summed E-state index contributed by atoms with van der Waals surface area (Å²) in [5.41, 5.74) is 3.04. The van der Waals surface area contributed by atoms with E-state index in [2.05, 4.69) is 10.6 Å². The lowest BCUT2D eigenvalue weighted by molar-refractivity contribution is -0.131. The fourth-order valence-electron chi connectivity index (χ4n) is 3.51. The van der Waals surface area contributed by atoms with Crippen molar-refractivity contribution in [2.45, 2.75) is 26.3 Å². The molecule has 1 atom stereocenters. The van der Waals surface area contributed by atoms with E-state index in [0.29, 0.717) is 22.9 Å². The summed E-state index contributed by atoms with van der Waals surface area (Å²) in [7, 11) is 3.20. The van der Waals surface area contributed by atoms with Crippen LogP contribution in [0.1, 0.15) is 28.4 Å². The molecular formula is C28H31N3O6. The van der Waals surface area contributed by atoms with Crippen LogP contribution in [0.2, 0.25) is 0 Å². The van der Waals surface area contributed by atoms with Gasteiger partial charge in [-0.1, -0.05) is 24.3 Å². The summed E-state index contributed by atoms with van der Waals surface area (Å²) in [4.78, 5) is 37.9. The molecule has 0 heterocycles. The molecule has 3 amide bonds. The Morgan fingerprint density at radius 2 is 1.65 bits per heavy atom. The largest absolute Gasteiger partial charge is 0.495 e. The number of nitrogens with zero attached hydrogens (tertiary/aromatic N) is 1. The second kappa shape index (κ2) is 12.4. The molecule has 0 aliphatic carbocycles. The van der Waals surface area contributed by atoms with Gasteiger partial charge in [0.25, 0.3) is 0 Å². The van der Waals surface area contributed by atoms with E-state index in [9.17, 15) is 14.4 Å². The van der Waals surface area contributed by atoms with Crippen LogP contribution >= 0.6 is 0 Å². The van der Waals surface area contributed by atoms with E-state index < -0.39 is 12.0 Å². The second-order valence-electron chi connectivity index (χ2n) is 8.60. The molecule has 3 aromatic carbocycles. The average molecular weight is 506 g/mol. The van der Waals surface area contributed by atoms with Gasteiger partial charge in [-0.2, -0.15) is 0 Å². The van der Waals surface area contributed by atoms with E-state index in [-0.39, 0.29) is 30.5 Å². The van der Waals surface area contributed by atoms with Crippen LogP contribution < -0.4 is 20.1 Å². The number of nitrogens with one attached hydrogen (secondary N) is 2. The molecule has 0 spiro atoms. The van der Waals surface area contributed by atoms with Gasteiger partial charge in [0.05, 0.1) is 30.8 Å². The number of benzene rings is 3. The number of para-hydroxylation sites is 1. The van der Waals surface area contributed by atoms with Gasteiger partial charge < -0.3 is 30.1 Å². The van der Waals surface area contributed by atoms with Crippen molar-refractivity contribution in [3.05, 3.63) is 83.4 Å². The Kier molecular flexibility index (Phi) is 9.10. The van der Waals surface area contributed by atoms with Gasteiger partial charge in [0, 0.05) is 12.7 Å². The monoisotopic (exact) mass is 505 g/mol. The first-order valence-electron chi connectivity index (χ1n) is 11.7. The number of amides is 3. The van der Waals surface area contributed by atoms with Crippen molar-refractivity contribution in [1.29, 1.82) is 0 Å². The minimum atomic E-state index is -1.00. The number of methoxy groups -OCH3 is 1. The fourth-order valence-corrected chi connectivity index (χ4v) is 3.51. The number of hydrogen-bond donors (Lipinski definition) is 3. The molecule has 3 N–H and O–H groups in total. The summed E-state index contributed by atoms with van der Waals surface area (Å²) in [6.45, 7) is 4.02. The topological polar surface area (TPSA) is 117 Å². The van der Waals surface area contributed by atoms with Gasteiger partial charge in [-0.05, 0) is 67.4 Å². The number of carboxylic acid groups (broad SMARTS) is 1. The smallest absolute Gasteiger partial charge is 0.335 e. The molecule has 3 rings (SSSR count). The molecule has 9 heteroatoms. The summed E-state index contributed by atoms with van der Waals surface area (Å²) in [6.07, 6.45) is 0.139. The van der Waals surface area contributed by atoms with Gasteiger partial charge >= 0.3 is 12.0 Å². The number of hydrogen-bond acceptors (Lipinski definition) is 5. The number of aryl methyl sites for hydroxylation is 1. The molecule has 0 unspecified atom stereocenters. The van der Waals surface area contributed by atoms with Gasteiger partial charge in [-0.25, -0.2) is 9.59 Å². The van der Waals surface area contributed by atoms with Crippen LogP contribution in [0.4, 0.5) is 16.2 Å². The molecular weight excluding hydrogens is 474 g/mol. The van der Waals surface area contributed by atoms with Gasteiger partial charge in [0.2, 0.25) is 5.91 Å². The molecule has 0 bridgehead atoms. The Labute approximate surface area is 216 Å². The maximum Gasteiger partial charge on any atom is 0.335 e. The number of likely N-dealkylation sites (N-methyl/N-ethyl adjacent to an activating group) is 1. The molecule has 9 nitrogen and oxygen atoms in total. The zero-order valence-electron chi connectivity index (χ0n) is 21.3. The molecule has 0 aromatic heterocycles. The van der Waals surface area contributed by atoms with E-state index in [0.717, 1.165) is 11.1 Å². The van der Waals surface area contributed by atoms with E-state index in [1.165, 1.54) is 19.2 Å². The van der Waals surface area contributed by atoms with Crippen LogP contribution in [0.5, 0.6) is 11.5 Å². The zero-order valence-corrected chi connectivity index (χ0v) is 21.3. The Morgan fingerprint density at radius 3 is 2.30 bits per heavy atom. The van der Waals surface area contributed by atoms with E-state index >= 15 is 0 Å². The molecule has 0 saturated heterocycles. The maximum atomic E-state index is 12.9. The molecule has 0 aliphatic rings. The molecule has 3 aromatic rings. The van der Waals surface area contributed by atoms with Crippen molar-refractivity contribution < 1.29 is 29.0 Å². The molecule has 37 heavy (non-hydrogen) atoms. The van der Waals surface area contributed by atoms with E-state index in [1.807, 2.05) is 38.1 Å². The summed E-state index contributed by atoms with van der Waals surface area (Å²) >= 11 is 0. The summed E-state index contributed by atoms with van der Waals surface area (Å²) < 4.78 is 11.1. The Bertz CT molecular complexity index is 1260. The number of anilines is 2. The summed E-state index contributed by atoms with van der Waals surface area (Å²) in [5.74, 6) is -0.153. The highest BCUT2D eigenvalue weighted by Gasteiger charge is 2.18. The number of carboxylic acids is 1. The highest BCUT2D eigenvalue weighted by molar-refractivity contribution is 6.01. The van der Waals surface area contributed by atoms with Gasteiger partial charge in [-0.3, -0.25) is 4.79 Å². The molecule has 0 saturated carbocycles. The van der Waals surface area contributed by atoms with Crippen molar-refractivity contribution in [2.75, 3.05) is 31.4 Å². The van der Waals surface area contributed by atoms with Crippen molar-refractivity contribution in [1.82, 2.24) is 4.90 Å². The first-order chi connectivity index (χ1) is 17.7. The molecule has 0 aliphatic heterocycles. The average Bonchev–Trinajstić information content (AvgIpc) is 2.89. The maximum absolute atomic E-state index is 12.9. The molecule has 194 valence electrons. The van der Waals surface area contributed by atoms with Crippen LogP contribution in [0.25, 0.3) is 0 Å². The number of carbonyl (C=O) groups is 3. The normalized spacial score (nSPS) is 11.2. The summed E-state index contributed by atoms with van der Waals surface area (Å²) in [6, 6.07) is 18.1. The van der Waals surface area contributed by atoms with Crippen molar-refractivity contribution in [3.63, 3.8) is 0 Å². The standard InChI is InChI=1S/C28H31N3O6/c1-18-7-5-6-8-23(18)29-28(35)30-24-14-9-20(15-25(24)36-4)16-26(32)31(3)19(2)17-37-22-12-10-21(11-13-22)27(33)34/h5-15,19H,16-17H2,1-4H3,(H,33,34)(H2,29,30,35)/t19-/m0/s1. The van der Waals surface area contributed by atoms with Crippen LogP contribution in [-0.4, -0.2) is 54.7 Å². The number of urea groups is 1. The highest BCUT2D eigenvalue weighted by atomic mass is 16.5. The van der Waals surface area contributed by atoms with Crippen LogP contribution in [0.15, 0.2) is 66.7 Å². The number of ether oxygens (including phenoxy) is 2. The van der Waals surface area contributed by atoms with Crippen LogP contribution in [-0.2, 0) is 11.2 Å². The quantitative estimate of drug-likeness (QED) is 0.364.